The molecule has 2 aromatic carbocycles. The van der Waals surface area contributed by atoms with Crippen molar-refractivity contribution in [3.63, 3.8) is 0 Å². The quantitative estimate of drug-likeness (QED) is 0.766. The van der Waals surface area contributed by atoms with E-state index in [4.69, 9.17) is 0 Å². The minimum Gasteiger partial charge on any atom is -0.381 e. The Kier molecular flexibility index (Phi) is 4.87. The first-order valence-electron chi connectivity index (χ1n) is 7.86. The van der Waals surface area contributed by atoms with E-state index in [1.807, 2.05) is 11.8 Å². The van der Waals surface area contributed by atoms with Gasteiger partial charge in [-0.2, -0.15) is 0 Å². The maximum atomic E-state index is 3.50. The molecule has 1 aliphatic rings. The molecule has 0 atom stereocenters. The summed E-state index contributed by atoms with van der Waals surface area (Å²) in [6.45, 7) is 3.02. The molecule has 1 saturated carbocycles. The van der Waals surface area contributed by atoms with Gasteiger partial charge >= 0.3 is 0 Å². The normalized spacial score (nSPS) is 15.3. The summed E-state index contributed by atoms with van der Waals surface area (Å²) in [7, 11) is 0. The Morgan fingerprint density at radius 3 is 2.52 bits per heavy atom. The predicted molar refractivity (Wildman–Crippen MR) is 93.1 cm³/mol. The van der Waals surface area contributed by atoms with Crippen molar-refractivity contribution < 1.29 is 0 Å². The van der Waals surface area contributed by atoms with Crippen molar-refractivity contribution in [1.82, 2.24) is 0 Å². The zero-order valence-corrected chi connectivity index (χ0v) is 13.5. The van der Waals surface area contributed by atoms with E-state index in [2.05, 4.69) is 60.8 Å². The molecular weight excluding hydrogens is 274 g/mol. The number of nitrogens with one attached hydrogen (secondary N) is 1. The molecule has 0 bridgehead atoms. The van der Waals surface area contributed by atoms with Gasteiger partial charge in [0.05, 0.1) is 0 Å². The van der Waals surface area contributed by atoms with Crippen LogP contribution in [0.1, 0.15) is 36.8 Å². The second kappa shape index (κ2) is 7.04. The standard InChI is InChI=1S/C19H23NS/c1-15-5-4-6-16(13-15)14-20-17-9-11-19(12-10-17)21-18-7-2-3-8-18/h4-6,9-13,18,20H,2-3,7-8,14H2,1H3. The van der Waals surface area contributed by atoms with E-state index in [9.17, 15) is 0 Å². The van der Waals surface area contributed by atoms with Crippen molar-refractivity contribution in [1.29, 1.82) is 0 Å². The van der Waals surface area contributed by atoms with Crippen LogP contribution in [-0.2, 0) is 6.54 Å². The first kappa shape index (κ1) is 14.5. The number of benzene rings is 2. The summed E-state index contributed by atoms with van der Waals surface area (Å²) in [5, 5.41) is 4.34. The topological polar surface area (TPSA) is 12.0 Å². The van der Waals surface area contributed by atoms with Crippen LogP contribution in [0, 0.1) is 6.92 Å². The SMILES string of the molecule is Cc1cccc(CNc2ccc(SC3CCCC3)cc2)c1. The van der Waals surface area contributed by atoms with E-state index in [0.29, 0.717) is 0 Å². The summed E-state index contributed by atoms with van der Waals surface area (Å²) >= 11 is 2.05. The zero-order valence-electron chi connectivity index (χ0n) is 12.6. The molecule has 0 heterocycles. The van der Waals surface area contributed by atoms with Crippen molar-refractivity contribution in [2.24, 2.45) is 0 Å². The van der Waals surface area contributed by atoms with Crippen molar-refractivity contribution in [3.05, 3.63) is 59.7 Å². The lowest BCUT2D eigenvalue weighted by atomic mass is 10.1. The Labute approximate surface area is 132 Å². The van der Waals surface area contributed by atoms with E-state index in [1.165, 1.54) is 47.4 Å². The fourth-order valence-electron chi connectivity index (χ4n) is 2.88. The molecule has 0 unspecified atom stereocenters. The van der Waals surface area contributed by atoms with E-state index in [0.717, 1.165) is 11.8 Å². The van der Waals surface area contributed by atoms with Crippen LogP contribution < -0.4 is 5.32 Å². The van der Waals surface area contributed by atoms with Gasteiger partial charge in [-0.3, -0.25) is 0 Å². The average molecular weight is 297 g/mol. The molecule has 0 radical (unpaired) electrons. The van der Waals surface area contributed by atoms with Gasteiger partial charge in [-0.05, 0) is 49.6 Å². The molecule has 2 aromatic rings. The molecule has 0 saturated heterocycles. The fraction of sp³-hybridized carbons (Fsp3) is 0.368. The molecule has 1 nitrogen and oxygen atoms in total. The largest absolute Gasteiger partial charge is 0.381 e. The van der Waals surface area contributed by atoms with Crippen LogP contribution in [-0.4, -0.2) is 5.25 Å². The first-order chi connectivity index (χ1) is 10.3. The van der Waals surface area contributed by atoms with Gasteiger partial charge in [0, 0.05) is 22.4 Å². The lowest BCUT2D eigenvalue weighted by Crippen LogP contribution is -1.99. The van der Waals surface area contributed by atoms with Crippen LogP contribution in [0.5, 0.6) is 0 Å². The van der Waals surface area contributed by atoms with E-state index < -0.39 is 0 Å². The minimum absolute atomic E-state index is 0.844. The Morgan fingerprint density at radius 2 is 1.81 bits per heavy atom. The molecule has 110 valence electrons. The number of rotatable bonds is 5. The molecule has 1 aliphatic carbocycles. The highest BCUT2D eigenvalue weighted by Gasteiger charge is 2.15. The smallest absolute Gasteiger partial charge is 0.0400 e. The number of thioether (sulfide) groups is 1. The maximum absolute atomic E-state index is 3.50. The highest BCUT2D eigenvalue weighted by molar-refractivity contribution is 8.00. The number of hydrogen-bond donors (Lipinski definition) is 1. The van der Waals surface area contributed by atoms with Crippen molar-refractivity contribution in [2.75, 3.05) is 5.32 Å². The van der Waals surface area contributed by atoms with Gasteiger partial charge in [-0.25, -0.2) is 0 Å². The van der Waals surface area contributed by atoms with Crippen molar-refractivity contribution in [3.8, 4) is 0 Å². The van der Waals surface area contributed by atoms with E-state index in [1.54, 1.807) is 0 Å². The second-order valence-corrected chi connectivity index (χ2v) is 7.27. The third kappa shape index (κ3) is 4.28. The number of hydrogen-bond acceptors (Lipinski definition) is 2. The average Bonchev–Trinajstić information content (AvgIpc) is 3.00. The number of anilines is 1. The Morgan fingerprint density at radius 1 is 1.05 bits per heavy atom. The predicted octanol–water partition coefficient (Wildman–Crippen LogP) is 5.64. The van der Waals surface area contributed by atoms with E-state index in [-0.39, 0.29) is 0 Å². The summed E-state index contributed by atoms with van der Waals surface area (Å²) in [6.07, 6.45) is 5.59. The molecule has 0 spiro atoms. The van der Waals surface area contributed by atoms with Gasteiger partial charge in [0.2, 0.25) is 0 Å². The van der Waals surface area contributed by atoms with Crippen LogP contribution >= 0.6 is 11.8 Å². The van der Waals surface area contributed by atoms with Gasteiger partial charge in [0.15, 0.2) is 0 Å². The highest BCUT2D eigenvalue weighted by Crippen LogP contribution is 2.34. The summed E-state index contributed by atoms with van der Waals surface area (Å²) in [5.74, 6) is 0. The maximum Gasteiger partial charge on any atom is 0.0400 e. The van der Waals surface area contributed by atoms with Crippen molar-refractivity contribution >= 4 is 17.4 Å². The van der Waals surface area contributed by atoms with Gasteiger partial charge in [-0.1, -0.05) is 42.7 Å². The van der Waals surface area contributed by atoms with Gasteiger partial charge in [0.1, 0.15) is 0 Å². The van der Waals surface area contributed by atoms with Gasteiger partial charge in [0.25, 0.3) is 0 Å². The monoisotopic (exact) mass is 297 g/mol. The Hall–Kier alpha value is -1.41. The molecule has 1 fully saturated rings. The van der Waals surface area contributed by atoms with Gasteiger partial charge in [-0.15, -0.1) is 11.8 Å². The summed E-state index contributed by atoms with van der Waals surface area (Å²) in [5.41, 5.74) is 3.85. The van der Waals surface area contributed by atoms with Gasteiger partial charge < -0.3 is 5.32 Å². The molecule has 3 rings (SSSR count). The summed E-state index contributed by atoms with van der Waals surface area (Å²) in [6, 6.07) is 17.6. The third-order valence-corrected chi connectivity index (χ3v) is 5.39. The van der Waals surface area contributed by atoms with Crippen LogP contribution in [0.2, 0.25) is 0 Å². The zero-order chi connectivity index (χ0) is 14.5. The van der Waals surface area contributed by atoms with Crippen LogP contribution in [0.4, 0.5) is 5.69 Å². The van der Waals surface area contributed by atoms with Crippen molar-refractivity contribution in [2.45, 2.75) is 49.3 Å². The molecule has 1 N–H and O–H groups in total. The minimum atomic E-state index is 0.844. The lowest BCUT2D eigenvalue weighted by molar-refractivity contribution is 0.886. The summed E-state index contributed by atoms with van der Waals surface area (Å²) < 4.78 is 0. The van der Waals surface area contributed by atoms with Crippen LogP contribution in [0.15, 0.2) is 53.4 Å². The Bertz CT molecular complexity index is 570. The van der Waals surface area contributed by atoms with Crippen LogP contribution in [0.25, 0.3) is 0 Å². The highest BCUT2D eigenvalue weighted by atomic mass is 32.2. The molecule has 0 aliphatic heterocycles. The first-order valence-corrected chi connectivity index (χ1v) is 8.74. The fourth-order valence-corrected chi connectivity index (χ4v) is 4.12. The molecule has 2 heteroatoms. The lowest BCUT2D eigenvalue weighted by Gasteiger charge is -2.10. The molecular formula is C19H23NS. The molecule has 21 heavy (non-hydrogen) atoms. The van der Waals surface area contributed by atoms with Crippen LogP contribution in [0.3, 0.4) is 0 Å². The molecule has 0 aromatic heterocycles. The number of aryl methyl sites for hydroxylation is 1. The summed E-state index contributed by atoms with van der Waals surface area (Å²) in [4.78, 5) is 1.41. The Balaban J connectivity index is 1.54. The third-order valence-electron chi connectivity index (χ3n) is 4.04. The second-order valence-electron chi connectivity index (χ2n) is 5.89. The van der Waals surface area contributed by atoms with E-state index >= 15 is 0 Å². The molecule has 0 amide bonds.